The average molecular weight is 436 g/mol. The zero-order valence-electron chi connectivity index (χ0n) is 16.2. The van der Waals surface area contributed by atoms with Gasteiger partial charge in [0.1, 0.15) is 0 Å². The van der Waals surface area contributed by atoms with Gasteiger partial charge in [0.15, 0.2) is 0 Å². The first-order chi connectivity index (χ1) is 13.8. The summed E-state index contributed by atoms with van der Waals surface area (Å²) >= 11 is 0. The van der Waals surface area contributed by atoms with Gasteiger partial charge in [-0.25, -0.2) is 0 Å². The first-order valence-corrected chi connectivity index (χ1v) is 9.50. The molecule has 8 heteroatoms. The molecule has 3 rings (SSSR count). The Bertz CT molecular complexity index is 905. The van der Waals surface area contributed by atoms with Gasteiger partial charge in [-0.1, -0.05) is 56.3 Å². The Morgan fingerprint density at radius 3 is 1.77 bits per heavy atom. The van der Waals surface area contributed by atoms with Crippen molar-refractivity contribution < 1.29 is 35.1 Å². The number of fused-ring (bicyclic) bond motifs is 1. The highest BCUT2D eigenvalue weighted by Crippen LogP contribution is 2.64. The molecule has 0 radical (unpaired) electrons. The SMILES string of the molecule is CCC(CC(C)c1ccc2c(c1)C(F)(F)C(F)(F)C(F)(F)C2(F)F)c1ccccc1. The van der Waals surface area contributed by atoms with Crippen LogP contribution in [0.4, 0.5) is 35.1 Å². The predicted molar refractivity (Wildman–Crippen MR) is 96.6 cm³/mol. The molecule has 0 aliphatic heterocycles. The Morgan fingerprint density at radius 2 is 1.23 bits per heavy atom. The third-order valence-corrected chi connectivity index (χ3v) is 5.87. The molecule has 0 bridgehead atoms. The molecule has 0 N–H and O–H groups in total. The minimum atomic E-state index is -6.23. The van der Waals surface area contributed by atoms with Gasteiger partial charge in [-0.3, -0.25) is 0 Å². The van der Waals surface area contributed by atoms with Crippen molar-refractivity contribution in [3.05, 3.63) is 70.8 Å². The van der Waals surface area contributed by atoms with Gasteiger partial charge in [-0.2, -0.15) is 35.1 Å². The first kappa shape index (κ1) is 22.6. The minimum Gasteiger partial charge on any atom is -0.194 e. The summed E-state index contributed by atoms with van der Waals surface area (Å²) in [6, 6.07) is 11.3. The number of hydrogen-bond donors (Lipinski definition) is 0. The molecule has 0 aromatic heterocycles. The number of rotatable bonds is 5. The van der Waals surface area contributed by atoms with Gasteiger partial charge in [-0.05, 0) is 41.9 Å². The molecule has 2 aromatic carbocycles. The van der Waals surface area contributed by atoms with Gasteiger partial charge in [0.05, 0.1) is 0 Å². The molecule has 0 spiro atoms. The van der Waals surface area contributed by atoms with Crippen molar-refractivity contribution in [2.24, 2.45) is 0 Å². The van der Waals surface area contributed by atoms with Gasteiger partial charge in [0.25, 0.3) is 0 Å². The molecule has 0 saturated carbocycles. The van der Waals surface area contributed by atoms with E-state index in [0.29, 0.717) is 25.0 Å². The molecule has 0 fully saturated rings. The van der Waals surface area contributed by atoms with E-state index in [4.69, 9.17) is 0 Å². The largest absolute Gasteiger partial charge is 0.382 e. The summed E-state index contributed by atoms with van der Waals surface area (Å²) in [4.78, 5) is 0. The third kappa shape index (κ3) is 3.10. The lowest BCUT2D eigenvalue weighted by atomic mass is 9.77. The van der Waals surface area contributed by atoms with E-state index in [2.05, 4.69) is 0 Å². The third-order valence-electron chi connectivity index (χ3n) is 5.87. The number of hydrogen-bond acceptors (Lipinski definition) is 0. The van der Waals surface area contributed by atoms with Crippen molar-refractivity contribution in [1.82, 2.24) is 0 Å². The highest BCUT2D eigenvalue weighted by Gasteiger charge is 2.85. The van der Waals surface area contributed by atoms with Crippen molar-refractivity contribution >= 4 is 0 Å². The van der Waals surface area contributed by atoms with Crippen LogP contribution in [0.25, 0.3) is 0 Å². The summed E-state index contributed by atoms with van der Waals surface area (Å²) < 4.78 is 111. The maximum Gasteiger partial charge on any atom is 0.382 e. The molecule has 0 nitrogen and oxygen atoms in total. The molecule has 1 aliphatic carbocycles. The van der Waals surface area contributed by atoms with Crippen LogP contribution in [-0.2, 0) is 11.8 Å². The van der Waals surface area contributed by atoms with Crippen molar-refractivity contribution in [2.45, 2.75) is 62.2 Å². The molecular formula is C22H20F8. The van der Waals surface area contributed by atoms with Crippen LogP contribution in [0.1, 0.15) is 60.8 Å². The fraction of sp³-hybridized carbons (Fsp3) is 0.455. The quantitative estimate of drug-likeness (QED) is 0.419. The zero-order valence-corrected chi connectivity index (χ0v) is 16.2. The monoisotopic (exact) mass is 436 g/mol. The Kier molecular flexibility index (Phi) is 5.44. The van der Waals surface area contributed by atoms with E-state index in [1.807, 2.05) is 37.3 Å². The van der Waals surface area contributed by atoms with Crippen molar-refractivity contribution in [2.75, 3.05) is 0 Å². The Balaban J connectivity index is 2.01. The normalized spacial score (nSPS) is 22.7. The Labute approximate surface area is 168 Å². The Hall–Kier alpha value is -2.12. The fourth-order valence-electron chi connectivity index (χ4n) is 3.96. The van der Waals surface area contributed by atoms with Crippen molar-refractivity contribution in [1.29, 1.82) is 0 Å². The van der Waals surface area contributed by atoms with Gasteiger partial charge in [0.2, 0.25) is 0 Å². The van der Waals surface area contributed by atoms with Gasteiger partial charge < -0.3 is 0 Å². The summed E-state index contributed by atoms with van der Waals surface area (Å²) in [6.07, 6.45) is 1.14. The smallest absolute Gasteiger partial charge is 0.194 e. The molecule has 2 atom stereocenters. The highest BCUT2D eigenvalue weighted by molar-refractivity contribution is 5.45. The number of halogens is 8. The summed E-state index contributed by atoms with van der Waals surface area (Å²) in [5.41, 5.74) is -2.41. The van der Waals surface area contributed by atoms with Gasteiger partial charge in [-0.15, -0.1) is 0 Å². The summed E-state index contributed by atoms with van der Waals surface area (Å²) in [5.74, 6) is -23.7. The molecule has 0 amide bonds. The summed E-state index contributed by atoms with van der Waals surface area (Å²) in [5, 5.41) is 0. The Morgan fingerprint density at radius 1 is 0.700 bits per heavy atom. The van der Waals surface area contributed by atoms with Gasteiger partial charge in [0, 0.05) is 11.1 Å². The number of alkyl halides is 8. The number of benzene rings is 2. The summed E-state index contributed by atoms with van der Waals surface area (Å²) in [7, 11) is 0. The van der Waals surface area contributed by atoms with Crippen LogP contribution in [0.2, 0.25) is 0 Å². The lowest BCUT2D eigenvalue weighted by Crippen LogP contribution is -2.63. The summed E-state index contributed by atoms with van der Waals surface area (Å²) in [6.45, 7) is 3.58. The van der Waals surface area contributed by atoms with E-state index in [0.717, 1.165) is 11.6 Å². The van der Waals surface area contributed by atoms with E-state index in [1.54, 1.807) is 6.92 Å². The minimum absolute atomic E-state index is 0.0185. The van der Waals surface area contributed by atoms with Crippen LogP contribution in [0.3, 0.4) is 0 Å². The second-order valence-corrected chi connectivity index (χ2v) is 7.76. The molecule has 164 valence electrons. The van der Waals surface area contributed by atoms with E-state index in [-0.39, 0.29) is 11.5 Å². The van der Waals surface area contributed by atoms with Crippen LogP contribution in [0.5, 0.6) is 0 Å². The van der Waals surface area contributed by atoms with Crippen LogP contribution >= 0.6 is 0 Å². The molecular weight excluding hydrogens is 416 g/mol. The second kappa shape index (κ2) is 7.24. The maximum absolute atomic E-state index is 14.3. The lowest BCUT2D eigenvalue weighted by Gasteiger charge is -2.43. The second-order valence-electron chi connectivity index (χ2n) is 7.76. The topological polar surface area (TPSA) is 0 Å². The highest BCUT2D eigenvalue weighted by atomic mass is 19.4. The predicted octanol–water partition coefficient (Wildman–Crippen LogP) is 7.84. The van der Waals surface area contributed by atoms with E-state index in [1.165, 1.54) is 0 Å². The molecule has 0 saturated heterocycles. The van der Waals surface area contributed by atoms with Crippen molar-refractivity contribution in [3.63, 3.8) is 0 Å². The van der Waals surface area contributed by atoms with Crippen LogP contribution in [-0.4, -0.2) is 11.8 Å². The van der Waals surface area contributed by atoms with E-state index >= 15 is 0 Å². The van der Waals surface area contributed by atoms with E-state index in [9.17, 15) is 35.1 Å². The fourth-order valence-corrected chi connectivity index (χ4v) is 3.96. The lowest BCUT2D eigenvalue weighted by molar-refractivity contribution is -0.386. The zero-order chi connectivity index (χ0) is 22.5. The molecule has 30 heavy (non-hydrogen) atoms. The first-order valence-electron chi connectivity index (χ1n) is 9.50. The van der Waals surface area contributed by atoms with Crippen LogP contribution in [0, 0.1) is 0 Å². The molecule has 1 aliphatic rings. The average Bonchev–Trinajstić information content (AvgIpc) is 2.70. The van der Waals surface area contributed by atoms with Crippen LogP contribution < -0.4 is 0 Å². The molecule has 0 heterocycles. The van der Waals surface area contributed by atoms with E-state index < -0.39 is 40.7 Å². The van der Waals surface area contributed by atoms with Crippen LogP contribution in [0.15, 0.2) is 48.5 Å². The maximum atomic E-state index is 14.3. The van der Waals surface area contributed by atoms with Crippen molar-refractivity contribution in [3.8, 4) is 0 Å². The molecule has 2 unspecified atom stereocenters. The van der Waals surface area contributed by atoms with Gasteiger partial charge >= 0.3 is 23.7 Å². The molecule has 2 aromatic rings. The standard InChI is InChI=1S/C22H20F8/c1-3-14(15-7-5-4-6-8-15)11-13(2)16-9-10-17-18(12-16)20(25,26)22(29,30)21(27,28)19(17,23)24/h4-10,12-14H,3,11H2,1-2H3.